The molecule has 0 aromatic rings. The van der Waals surface area contributed by atoms with Gasteiger partial charge in [0, 0.05) is 5.92 Å². The molecule has 1 saturated heterocycles. The summed E-state index contributed by atoms with van der Waals surface area (Å²) in [5, 5.41) is 0. The van der Waals surface area contributed by atoms with E-state index in [0.29, 0.717) is 0 Å². The first-order chi connectivity index (χ1) is 4.84. The number of halogens is 1. The average Bonchev–Trinajstić information content (AvgIpc) is 2.05. The summed E-state index contributed by atoms with van der Waals surface area (Å²) in [6.45, 7) is 0. The fourth-order valence-corrected chi connectivity index (χ4v) is 2.45. The molecule has 0 N–H and O–H groups in total. The standard InChI is InChI=1S/C7H11ClOS/c8-5-7(9)6-1-3-10-4-2-6/h6H,1-5H2. The first-order valence-corrected chi connectivity index (χ1v) is 5.20. The lowest BCUT2D eigenvalue weighted by Gasteiger charge is -2.18. The SMILES string of the molecule is O=C(CCl)C1CCSCC1. The third-order valence-electron chi connectivity index (χ3n) is 1.81. The van der Waals surface area contributed by atoms with Crippen LogP contribution in [0.25, 0.3) is 0 Å². The average molecular weight is 179 g/mol. The van der Waals surface area contributed by atoms with Crippen molar-refractivity contribution < 1.29 is 4.79 Å². The van der Waals surface area contributed by atoms with Crippen LogP contribution >= 0.6 is 23.4 Å². The number of hydrogen-bond donors (Lipinski definition) is 0. The van der Waals surface area contributed by atoms with E-state index in [2.05, 4.69) is 0 Å². The van der Waals surface area contributed by atoms with Crippen LogP contribution in [0.15, 0.2) is 0 Å². The van der Waals surface area contributed by atoms with E-state index >= 15 is 0 Å². The van der Waals surface area contributed by atoms with E-state index in [4.69, 9.17) is 11.6 Å². The van der Waals surface area contributed by atoms with Crippen LogP contribution in [0.3, 0.4) is 0 Å². The summed E-state index contributed by atoms with van der Waals surface area (Å²) in [7, 11) is 0. The Kier molecular flexibility index (Phi) is 3.57. The van der Waals surface area contributed by atoms with Gasteiger partial charge in [-0.25, -0.2) is 0 Å². The van der Waals surface area contributed by atoms with Crippen molar-refractivity contribution in [2.45, 2.75) is 12.8 Å². The molecule has 0 amide bonds. The maximum Gasteiger partial charge on any atom is 0.150 e. The van der Waals surface area contributed by atoms with Crippen LogP contribution in [0.2, 0.25) is 0 Å². The van der Waals surface area contributed by atoms with Gasteiger partial charge in [0.1, 0.15) is 0 Å². The topological polar surface area (TPSA) is 17.1 Å². The number of alkyl halides is 1. The molecule has 10 heavy (non-hydrogen) atoms. The number of hydrogen-bond acceptors (Lipinski definition) is 2. The molecule has 0 aromatic heterocycles. The zero-order valence-corrected chi connectivity index (χ0v) is 7.38. The fourth-order valence-electron chi connectivity index (χ4n) is 1.13. The zero-order valence-electron chi connectivity index (χ0n) is 5.81. The van der Waals surface area contributed by atoms with Crippen LogP contribution in [-0.2, 0) is 4.79 Å². The maximum absolute atomic E-state index is 11.0. The minimum absolute atomic E-state index is 0.204. The fraction of sp³-hybridized carbons (Fsp3) is 0.857. The minimum atomic E-state index is 0.204. The van der Waals surface area contributed by atoms with Gasteiger partial charge in [0.15, 0.2) is 5.78 Å². The summed E-state index contributed by atoms with van der Waals surface area (Å²) in [6, 6.07) is 0. The number of thioether (sulfide) groups is 1. The Morgan fingerprint density at radius 1 is 1.50 bits per heavy atom. The van der Waals surface area contributed by atoms with Gasteiger partial charge in [-0.15, -0.1) is 11.6 Å². The van der Waals surface area contributed by atoms with E-state index in [1.807, 2.05) is 11.8 Å². The normalized spacial score (nSPS) is 20.9. The molecule has 0 aromatic carbocycles. The zero-order chi connectivity index (χ0) is 7.40. The van der Waals surface area contributed by atoms with Crippen LogP contribution in [0, 0.1) is 5.92 Å². The lowest BCUT2D eigenvalue weighted by molar-refractivity contribution is -0.120. The smallest absolute Gasteiger partial charge is 0.150 e. The van der Waals surface area contributed by atoms with Gasteiger partial charge in [0.2, 0.25) is 0 Å². The molecule has 1 aliphatic heterocycles. The van der Waals surface area contributed by atoms with Crippen LogP contribution in [0.5, 0.6) is 0 Å². The monoisotopic (exact) mass is 178 g/mol. The van der Waals surface area contributed by atoms with Crippen LogP contribution < -0.4 is 0 Å². The highest BCUT2D eigenvalue weighted by atomic mass is 35.5. The first-order valence-electron chi connectivity index (χ1n) is 3.51. The quantitative estimate of drug-likeness (QED) is 0.602. The highest BCUT2D eigenvalue weighted by Crippen LogP contribution is 2.23. The highest BCUT2D eigenvalue weighted by molar-refractivity contribution is 7.99. The molecular formula is C7H11ClOS. The molecule has 58 valence electrons. The number of rotatable bonds is 2. The molecule has 0 aliphatic carbocycles. The van der Waals surface area contributed by atoms with Crippen molar-refractivity contribution in [2.24, 2.45) is 5.92 Å². The summed E-state index contributed by atoms with van der Waals surface area (Å²) in [4.78, 5) is 11.0. The van der Waals surface area contributed by atoms with Crippen molar-refractivity contribution in [1.82, 2.24) is 0 Å². The molecular weight excluding hydrogens is 168 g/mol. The maximum atomic E-state index is 11.0. The molecule has 1 nitrogen and oxygen atoms in total. The summed E-state index contributed by atoms with van der Waals surface area (Å²) in [5.74, 6) is 2.98. The van der Waals surface area contributed by atoms with E-state index in [0.717, 1.165) is 24.3 Å². The Labute approximate surface area is 70.5 Å². The minimum Gasteiger partial charge on any atom is -0.298 e. The molecule has 0 spiro atoms. The number of carbonyl (C=O) groups excluding carboxylic acids is 1. The van der Waals surface area contributed by atoms with Crippen molar-refractivity contribution in [3.8, 4) is 0 Å². The predicted molar refractivity (Wildman–Crippen MR) is 45.8 cm³/mol. The van der Waals surface area contributed by atoms with Crippen LogP contribution in [0.1, 0.15) is 12.8 Å². The Hall–Kier alpha value is 0.310. The largest absolute Gasteiger partial charge is 0.298 e. The Bertz CT molecular complexity index is 121. The first kappa shape index (κ1) is 8.41. The Balaban J connectivity index is 2.31. The van der Waals surface area contributed by atoms with Gasteiger partial charge in [-0.1, -0.05) is 0 Å². The second kappa shape index (κ2) is 4.24. The van der Waals surface area contributed by atoms with E-state index in [1.54, 1.807) is 0 Å². The number of ketones is 1. The Morgan fingerprint density at radius 2 is 2.10 bits per heavy atom. The molecule has 0 unspecified atom stereocenters. The van der Waals surface area contributed by atoms with Gasteiger partial charge >= 0.3 is 0 Å². The van der Waals surface area contributed by atoms with Gasteiger partial charge in [-0.3, -0.25) is 4.79 Å². The van der Waals surface area contributed by atoms with Crippen molar-refractivity contribution in [3.63, 3.8) is 0 Å². The third-order valence-corrected chi connectivity index (χ3v) is 3.12. The predicted octanol–water partition coefficient (Wildman–Crippen LogP) is 1.94. The van der Waals surface area contributed by atoms with Crippen molar-refractivity contribution in [3.05, 3.63) is 0 Å². The second-order valence-corrected chi connectivity index (χ2v) is 3.98. The lowest BCUT2D eigenvalue weighted by Crippen LogP contribution is -2.20. The molecule has 1 fully saturated rings. The van der Waals surface area contributed by atoms with Crippen molar-refractivity contribution in [1.29, 1.82) is 0 Å². The molecule has 0 bridgehead atoms. The molecule has 1 rings (SSSR count). The molecule has 3 heteroatoms. The van der Waals surface area contributed by atoms with Gasteiger partial charge in [-0.05, 0) is 24.3 Å². The van der Waals surface area contributed by atoms with E-state index < -0.39 is 0 Å². The second-order valence-electron chi connectivity index (χ2n) is 2.49. The van der Waals surface area contributed by atoms with Crippen molar-refractivity contribution >= 4 is 29.1 Å². The Morgan fingerprint density at radius 3 is 2.60 bits per heavy atom. The summed E-state index contributed by atoms with van der Waals surface area (Å²) in [6.07, 6.45) is 2.08. The van der Waals surface area contributed by atoms with Gasteiger partial charge < -0.3 is 0 Å². The summed E-state index contributed by atoms with van der Waals surface area (Å²) >= 11 is 7.36. The summed E-state index contributed by atoms with van der Waals surface area (Å²) < 4.78 is 0. The van der Waals surface area contributed by atoms with Crippen LogP contribution in [-0.4, -0.2) is 23.2 Å². The molecule has 0 radical (unpaired) electrons. The molecule has 1 heterocycles. The number of Topliss-reactive ketones (excluding diaryl/α,β-unsaturated/α-hetero) is 1. The highest BCUT2D eigenvalue weighted by Gasteiger charge is 2.19. The van der Waals surface area contributed by atoms with Gasteiger partial charge in [0.05, 0.1) is 5.88 Å². The van der Waals surface area contributed by atoms with E-state index in [-0.39, 0.29) is 17.6 Å². The number of carbonyl (C=O) groups is 1. The van der Waals surface area contributed by atoms with Gasteiger partial charge in [0.25, 0.3) is 0 Å². The van der Waals surface area contributed by atoms with E-state index in [1.165, 1.54) is 0 Å². The molecule has 0 atom stereocenters. The third kappa shape index (κ3) is 2.17. The van der Waals surface area contributed by atoms with Crippen molar-refractivity contribution in [2.75, 3.05) is 17.4 Å². The molecule has 0 saturated carbocycles. The lowest BCUT2D eigenvalue weighted by atomic mass is 9.99. The van der Waals surface area contributed by atoms with E-state index in [9.17, 15) is 4.79 Å². The van der Waals surface area contributed by atoms with Crippen LogP contribution in [0.4, 0.5) is 0 Å². The summed E-state index contributed by atoms with van der Waals surface area (Å²) in [5.41, 5.74) is 0. The van der Waals surface area contributed by atoms with Gasteiger partial charge in [-0.2, -0.15) is 11.8 Å². The molecule has 1 aliphatic rings.